The average Bonchev–Trinajstić information content (AvgIpc) is 3.23. The van der Waals surface area contributed by atoms with Gasteiger partial charge in [-0.3, -0.25) is 9.59 Å². The molecule has 29 heavy (non-hydrogen) atoms. The Bertz CT molecular complexity index is 956. The summed E-state index contributed by atoms with van der Waals surface area (Å²) in [6, 6.07) is 12.9. The van der Waals surface area contributed by atoms with Gasteiger partial charge in [0.2, 0.25) is 5.91 Å². The van der Waals surface area contributed by atoms with Crippen molar-refractivity contribution in [3.63, 3.8) is 0 Å². The van der Waals surface area contributed by atoms with Crippen LogP contribution >= 0.6 is 0 Å². The maximum Gasteiger partial charge on any atom is 0.251 e. The van der Waals surface area contributed by atoms with Crippen molar-refractivity contribution in [2.75, 3.05) is 11.9 Å². The number of benzene rings is 1. The van der Waals surface area contributed by atoms with E-state index in [1.807, 2.05) is 30.3 Å². The number of anilines is 1. The molecule has 150 valence electrons. The van der Waals surface area contributed by atoms with Crippen LogP contribution in [-0.2, 0) is 10.2 Å². The molecule has 7 nitrogen and oxygen atoms in total. The molecule has 2 amide bonds. The Hall–Kier alpha value is -3.48. The first-order chi connectivity index (χ1) is 13.8. The average molecular weight is 391 g/mol. The van der Waals surface area contributed by atoms with Crippen molar-refractivity contribution in [2.24, 2.45) is 0 Å². The molecule has 2 aromatic heterocycles. The molecule has 0 spiro atoms. The normalized spacial score (nSPS) is 11.1. The molecular weight excluding hydrogens is 366 g/mol. The van der Waals surface area contributed by atoms with Gasteiger partial charge in [-0.15, -0.1) is 0 Å². The molecule has 0 aliphatic rings. The van der Waals surface area contributed by atoms with Crippen LogP contribution in [0.5, 0.6) is 0 Å². The van der Waals surface area contributed by atoms with E-state index < -0.39 is 0 Å². The molecule has 0 unspecified atom stereocenters. The van der Waals surface area contributed by atoms with Gasteiger partial charge in [0, 0.05) is 30.9 Å². The Morgan fingerprint density at radius 3 is 2.41 bits per heavy atom. The SMILES string of the molecule is CC(C)(C)c1ccc(C(=O)NCCC(=O)Nc2ccc(-n3cccn3)nc2)cc1. The fraction of sp³-hybridized carbons (Fsp3) is 0.273. The third-order valence-corrected chi connectivity index (χ3v) is 4.42. The van der Waals surface area contributed by atoms with Gasteiger partial charge in [-0.2, -0.15) is 5.10 Å². The molecular formula is C22H25N5O2. The lowest BCUT2D eigenvalue weighted by Gasteiger charge is -2.19. The zero-order valence-corrected chi connectivity index (χ0v) is 16.8. The summed E-state index contributed by atoms with van der Waals surface area (Å²) in [5, 5.41) is 9.65. The number of nitrogens with one attached hydrogen (secondary N) is 2. The van der Waals surface area contributed by atoms with E-state index in [-0.39, 0.29) is 30.2 Å². The fourth-order valence-electron chi connectivity index (χ4n) is 2.74. The molecule has 3 rings (SSSR count). The summed E-state index contributed by atoms with van der Waals surface area (Å²) in [4.78, 5) is 28.6. The highest BCUT2D eigenvalue weighted by Gasteiger charge is 2.14. The van der Waals surface area contributed by atoms with Crippen LogP contribution in [0, 0.1) is 0 Å². The lowest BCUT2D eigenvalue weighted by atomic mass is 9.87. The van der Waals surface area contributed by atoms with Crippen molar-refractivity contribution in [1.29, 1.82) is 0 Å². The third-order valence-electron chi connectivity index (χ3n) is 4.42. The predicted molar refractivity (Wildman–Crippen MR) is 112 cm³/mol. The highest BCUT2D eigenvalue weighted by atomic mass is 16.2. The van der Waals surface area contributed by atoms with Crippen LogP contribution in [0.25, 0.3) is 5.82 Å². The van der Waals surface area contributed by atoms with E-state index in [2.05, 4.69) is 41.5 Å². The Kier molecular flexibility index (Phi) is 6.07. The van der Waals surface area contributed by atoms with Gasteiger partial charge in [0.25, 0.3) is 5.91 Å². The Balaban J connectivity index is 1.45. The van der Waals surface area contributed by atoms with E-state index in [0.717, 1.165) is 0 Å². The molecule has 0 saturated heterocycles. The van der Waals surface area contributed by atoms with Crippen molar-refractivity contribution >= 4 is 17.5 Å². The molecule has 7 heteroatoms. The molecule has 2 heterocycles. The maximum atomic E-state index is 12.2. The molecule has 0 fully saturated rings. The van der Waals surface area contributed by atoms with Gasteiger partial charge in [0.05, 0.1) is 11.9 Å². The van der Waals surface area contributed by atoms with Crippen molar-refractivity contribution < 1.29 is 9.59 Å². The molecule has 0 radical (unpaired) electrons. The minimum Gasteiger partial charge on any atom is -0.352 e. The van der Waals surface area contributed by atoms with Crippen LogP contribution in [0.3, 0.4) is 0 Å². The quantitative estimate of drug-likeness (QED) is 0.675. The highest BCUT2D eigenvalue weighted by Crippen LogP contribution is 2.22. The maximum absolute atomic E-state index is 12.2. The summed E-state index contributed by atoms with van der Waals surface area (Å²) in [5.74, 6) is 0.281. The van der Waals surface area contributed by atoms with Crippen LogP contribution in [0.1, 0.15) is 43.1 Å². The second kappa shape index (κ2) is 8.68. The molecule has 3 aromatic rings. The molecule has 1 aromatic carbocycles. The van der Waals surface area contributed by atoms with Crippen LogP contribution < -0.4 is 10.6 Å². The lowest BCUT2D eigenvalue weighted by Crippen LogP contribution is -2.27. The molecule has 0 saturated carbocycles. The van der Waals surface area contributed by atoms with E-state index in [1.54, 1.807) is 35.4 Å². The van der Waals surface area contributed by atoms with Crippen LogP contribution in [-0.4, -0.2) is 33.1 Å². The monoisotopic (exact) mass is 391 g/mol. The van der Waals surface area contributed by atoms with E-state index in [0.29, 0.717) is 17.1 Å². The van der Waals surface area contributed by atoms with E-state index in [9.17, 15) is 9.59 Å². The zero-order valence-electron chi connectivity index (χ0n) is 16.8. The van der Waals surface area contributed by atoms with Gasteiger partial charge >= 0.3 is 0 Å². The molecule has 0 atom stereocenters. The van der Waals surface area contributed by atoms with Crippen LogP contribution in [0.15, 0.2) is 61.1 Å². The number of nitrogens with zero attached hydrogens (tertiary/aromatic N) is 3. The fourth-order valence-corrected chi connectivity index (χ4v) is 2.74. The highest BCUT2D eigenvalue weighted by molar-refractivity contribution is 5.95. The summed E-state index contributed by atoms with van der Waals surface area (Å²) in [6.45, 7) is 6.63. The predicted octanol–water partition coefficient (Wildman–Crippen LogP) is 3.32. The zero-order chi connectivity index (χ0) is 20.9. The minimum absolute atomic E-state index is 0.0402. The summed E-state index contributed by atoms with van der Waals surface area (Å²) in [5.41, 5.74) is 2.38. The summed E-state index contributed by atoms with van der Waals surface area (Å²) in [6.07, 6.45) is 5.21. The molecule has 0 aliphatic heterocycles. The first-order valence-corrected chi connectivity index (χ1v) is 9.47. The topological polar surface area (TPSA) is 88.9 Å². The third kappa shape index (κ3) is 5.51. The van der Waals surface area contributed by atoms with Crippen LogP contribution in [0.2, 0.25) is 0 Å². The van der Waals surface area contributed by atoms with Gasteiger partial charge in [0.1, 0.15) is 0 Å². The van der Waals surface area contributed by atoms with Gasteiger partial charge in [-0.1, -0.05) is 32.9 Å². The standard InChI is InChI=1S/C22H25N5O2/c1-22(2,3)17-7-5-16(6-8-17)21(29)23-13-11-20(28)26-18-9-10-19(24-15-18)27-14-4-12-25-27/h4-10,12,14-15H,11,13H2,1-3H3,(H,23,29)(H,26,28). The summed E-state index contributed by atoms with van der Waals surface area (Å²) >= 11 is 0. The number of pyridine rings is 1. The molecule has 2 N–H and O–H groups in total. The summed E-state index contributed by atoms with van der Waals surface area (Å²) in [7, 11) is 0. The van der Waals surface area contributed by atoms with E-state index in [1.165, 1.54) is 5.56 Å². The Labute approximate surface area is 170 Å². The largest absolute Gasteiger partial charge is 0.352 e. The lowest BCUT2D eigenvalue weighted by molar-refractivity contribution is -0.116. The number of carbonyl (C=O) groups excluding carboxylic acids is 2. The van der Waals surface area contributed by atoms with Crippen molar-refractivity contribution in [1.82, 2.24) is 20.1 Å². The van der Waals surface area contributed by atoms with Gasteiger partial charge in [-0.25, -0.2) is 9.67 Å². The second-order valence-electron chi connectivity index (χ2n) is 7.74. The van der Waals surface area contributed by atoms with Gasteiger partial charge in [0.15, 0.2) is 5.82 Å². The Morgan fingerprint density at radius 1 is 1.07 bits per heavy atom. The first kappa shape index (κ1) is 20.3. The van der Waals surface area contributed by atoms with Gasteiger partial charge in [-0.05, 0) is 41.3 Å². The van der Waals surface area contributed by atoms with E-state index >= 15 is 0 Å². The minimum atomic E-state index is -0.193. The molecule has 0 aliphatic carbocycles. The van der Waals surface area contributed by atoms with Gasteiger partial charge < -0.3 is 10.6 Å². The van der Waals surface area contributed by atoms with Crippen LogP contribution in [0.4, 0.5) is 5.69 Å². The number of hydrogen-bond donors (Lipinski definition) is 2. The number of hydrogen-bond acceptors (Lipinski definition) is 4. The number of carbonyl (C=O) groups is 2. The number of aromatic nitrogens is 3. The number of amides is 2. The summed E-state index contributed by atoms with van der Waals surface area (Å²) < 4.78 is 1.63. The second-order valence-corrected chi connectivity index (χ2v) is 7.74. The van der Waals surface area contributed by atoms with Crippen molar-refractivity contribution in [3.05, 3.63) is 72.2 Å². The smallest absolute Gasteiger partial charge is 0.251 e. The van der Waals surface area contributed by atoms with E-state index in [4.69, 9.17) is 0 Å². The van der Waals surface area contributed by atoms with Crippen molar-refractivity contribution in [2.45, 2.75) is 32.6 Å². The first-order valence-electron chi connectivity index (χ1n) is 9.47. The Morgan fingerprint density at radius 2 is 1.83 bits per heavy atom. The molecule has 0 bridgehead atoms. The number of rotatable bonds is 6. The van der Waals surface area contributed by atoms with Crippen molar-refractivity contribution in [3.8, 4) is 5.82 Å².